The summed E-state index contributed by atoms with van der Waals surface area (Å²) in [5.41, 5.74) is 1.24. The fraction of sp³-hybridized carbons (Fsp3) is 0.286. The van der Waals surface area contributed by atoms with Gasteiger partial charge in [0.1, 0.15) is 0 Å². The Morgan fingerprint density at radius 3 is 3.00 bits per heavy atom. The van der Waals surface area contributed by atoms with Gasteiger partial charge >= 0.3 is 0 Å². The molecule has 2 aromatic rings. The maximum atomic E-state index is 6.18. The normalized spacial score (nSPS) is 20.4. The maximum absolute atomic E-state index is 6.18. The third-order valence-corrected chi connectivity index (χ3v) is 3.63. The van der Waals surface area contributed by atoms with E-state index in [1.54, 1.807) is 0 Å². The third-order valence-electron chi connectivity index (χ3n) is 3.30. The number of halogens is 1. The molecule has 1 heterocycles. The highest BCUT2D eigenvalue weighted by atomic mass is 35.5. The summed E-state index contributed by atoms with van der Waals surface area (Å²) in [4.78, 5) is 0. The molecule has 0 fully saturated rings. The molecule has 0 amide bonds. The van der Waals surface area contributed by atoms with E-state index in [1.807, 2.05) is 12.1 Å². The van der Waals surface area contributed by atoms with Gasteiger partial charge in [0.2, 0.25) is 0 Å². The van der Waals surface area contributed by atoms with Gasteiger partial charge in [-0.1, -0.05) is 29.8 Å². The Morgan fingerprint density at radius 1 is 1.25 bits per heavy atom. The maximum Gasteiger partial charge on any atom is 0.0516 e. The van der Waals surface area contributed by atoms with Crippen LogP contribution in [-0.2, 0) is 0 Å². The van der Waals surface area contributed by atoms with Crippen molar-refractivity contribution in [2.24, 2.45) is 0 Å². The Morgan fingerprint density at radius 2 is 2.19 bits per heavy atom. The van der Waals surface area contributed by atoms with Gasteiger partial charge in [0.25, 0.3) is 0 Å². The van der Waals surface area contributed by atoms with Gasteiger partial charge in [-0.05, 0) is 37.5 Å². The van der Waals surface area contributed by atoms with Gasteiger partial charge in [-0.15, -0.1) is 0 Å². The molecule has 1 aromatic heterocycles. The zero-order valence-electron chi connectivity index (χ0n) is 9.07. The van der Waals surface area contributed by atoms with Crippen LogP contribution in [0.2, 0.25) is 5.02 Å². The Bertz CT molecular complexity index is 539. The van der Waals surface area contributed by atoms with Gasteiger partial charge in [-0.25, -0.2) is 0 Å². The zero-order valence-corrected chi connectivity index (χ0v) is 9.82. The highest BCUT2D eigenvalue weighted by Crippen LogP contribution is 2.30. The summed E-state index contributed by atoms with van der Waals surface area (Å²) in [7, 11) is 0. The van der Waals surface area contributed by atoms with Gasteiger partial charge < -0.3 is 4.57 Å². The van der Waals surface area contributed by atoms with Gasteiger partial charge in [0.15, 0.2) is 0 Å². The van der Waals surface area contributed by atoms with Crippen molar-refractivity contribution in [1.82, 2.24) is 4.57 Å². The molecular formula is C14H14ClN. The lowest BCUT2D eigenvalue weighted by Gasteiger charge is -2.19. The van der Waals surface area contributed by atoms with Crippen molar-refractivity contribution in [3.63, 3.8) is 0 Å². The van der Waals surface area contributed by atoms with Crippen LogP contribution in [-0.4, -0.2) is 4.57 Å². The molecule has 1 aliphatic carbocycles. The summed E-state index contributed by atoms with van der Waals surface area (Å²) in [5, 5.41) is 2.00. The SMILES string of the molecule is Clc1cccc2c1ccn2C1C=CCCC1. The van der Waals surface area contributed by atoms with E-state index < -0.39 is 0 Å². The fourth-order valence-corrected chi connectivity index (χ4v) is 2.70. The first-order chi connectivity index (χ1) is 7.86. The summed E-state index contributed by atoms with van der Waals surface area (Å²) in [6.45, 7) is 0. The summed E-state index contributed by atoms with van der Waals surface area (Å²) in [6, 6.07) is 8.73. The molecule has 3 rings (SSSR count). The number of rotatable bonds is 1. The van der Waals surface area contributed by atoms with Crippen molar-refractivity contribution in [3.8, 4) is 0 Å². The molecule has 1 aliphatic rings. The molecule has 0 radical (unpaired) electrons. The first-order valence-corrected chi connectivity index (χ1v) is 6.16. The molecular weight excluding hydrogens is 218 g/mol. The molecule has 2 heteroatoms. The van der Waals surface area contributed by atoms with E-state index in [-0.39, 0.29) is 0 Å². The summed E-state index contributed by atoms with van der Waals surface area (Å²) >= 11 is 6.18. The van der Waals surface area contributed by atoms with Gasteiger partial charge in [-0.2, -0.15) is 0 Å². The van der Waals surface area contributed by atoms with E-state index in [0.717, 1.165) is 10.4 Å². The van der Waals surface area contributed by atoms with Crippen LogP contribution in [0.25, 0.3) is 10.9 Å². The second-order valence-corrected chi connectivity index (χ2v) is 4.73. The highest BCUT2D eigenvalue weighted by Gasteiger charge is 2.13. The lowest BCUT2D eigenvalue weighted by molar-refractivity contribution is 0.531. The van der Waals surface area contributed by atoms with Gasteiger partial charge in [-0.3, -0.25) is 0 Å². The second kappa shape index (κ2) is 3.99. The van der Waals surface area contributed by atoms with Crippen molar-refractivity contribution < 1.29 is 0 Å². The quantitative estimate of drug-likeness (QED) is 0.634. The molecule has 0 saturated heterocycles. The van der Waals surface area contributed by atoms with Gasteiger partial charge in [0, 0.05) is 16.6 Å². The van der Waals surface area contributed by atoms with Crippen LogP contribution in [0.15, 0.2) is 42.6 Å². The van der Waals surface area contributed by atoms with Crippen molar-refractivity contribution >= 4 is 22.5 Å². The van der Waals surface area contributed by atoms with Crippen LogP contribution in [0.4, 0.5) is 0 Å². The zero-order chi connectivity index (χ0) is 11.0. The Labute approximate surface area is 100 Å². The van der Waals surface area contributed by atoms with Crippen LogP contribution in [0.1, 0.15) is 25.3 Å². The number of hydrogen-bond acceptors (Lipinski definition) is 0. The molecule has 0 N–H and O–H groups in total. The van der Waals surface area contributed by atoms with Crippen molar-refractivity contribution in [2.45, 2.75) is 25.3 Å². The summed E-state index contributed by atoms with van der Waals surface area (Å²) in [6.07, 6.45) is 10.5. The predicted octanol–water partition coefficient (Wildman–Crippen LogP) is 4.58. The van der Waals surface area contributed by atoms with E-state index in [2.05, 4.69) is 35.0 Å². The highest BCUT2D eigenvalue weighted by molar-refractivity contribution is 6.35. The summed E-state index contributed by atoms with van der Waals surface area (Å²) < 4.78 is 2.33. The van der Waals surface area contributed by atoms with E-state index in [9.17, 15) is 0 Å². The molecule has 1 nitrogen and oxygen atoms in total. The van der Waals surface area contributed by atoms with Crippen LogP contribution in [0, 0.1) is 0 Å². The number of aromatic nitrogens is 1. The average molecular weight is 232 g/mol. The largest absolute Gasteiger partial charge is 0.341 e. The standard InChI is InChI=1S/C14H14ClN/c15-13-7-4-8-14-12(13)9-10-16(14)11-5-2-1-3-6-11/h2,4-5,7-11H,1,3,6H2. The van der Waals surface area contributed by atoms with Crippen molar-refractivity contribution in [2.75, 3.05) is 0 Å². The first-order valence-electron chi connectivity index (χ1n) is 5.78. The van der Waals surface area contributed by atoms with Crippen LogP contribution >= 0.6 is 11.6 Å². The minimum absolute atomic E-state index is 0.504. The van der Waals surface area contributed by atoms with Crippen LogP contribution in [0.5, 0.6) is 0 Å². The number of benzene rings is 1. The molecule has 1 aromatic carbocycles. The number of hydrogen-bond donors (Lipinski definition) is 0. The van der Waals surface area contributed by atoms with Crippen LogP contribution in [0.3, 0.4) is 0 Å². The Balaban J connectivity index is 2.13. The lowest BCUT2D eigenvalue weighted by atomic mass is 10.0. The van der Waals surface area contributed by atoms with E-state index in [0.29, 0.717) is 6.04 Å². The van der Waals surface area contributed by atoms with Crippen LogP contribution < -0.4 is 0 Å². The minimum atomic E-state index is 0.504. The van der Waals surface area contributed by atoms with E-state index >= 15 is 0 Å². The molecule has 1 atom stereocenters. The van der Waals surface area contributed by atoms with Crippen molar-refractivity contribution in [3.05, 3.63) is 47.6 Å². The molecule has 0 saturated carbocycles. The first kappa shape index (κ1) is 9.98. The molecule has 1 unspecified atom stereocenters. The topological polar surface area (TPSA) is 4.93 Å². The third kappa shape index (κ3) is 1.56. The Hall–Kier alpha value is -1.21. The van der Waals surface area contributed by atoms with Gasteiger partial charge in [0.05, 0.1) is 11.6 Å². The summed E-state index contributed by atoms with van der Waals surface area (Å²) in [5.74, 6) is 0. The minimum Gasteiger partial charge on any atom is -0.341 e. The smallest absolute Gasteiger partial charge is 0.0516 e. The average Bonchev–Trinajstić information content (AvgIpc) is 2.75. The number of nitrogens with zero attached hydrogens (tertiary/aromatic N) is 1. The molecule has 82 valence electrons. The van der Waals surface area contributed by atoms with E-state index in [4.69, 9.17) is 11.6 Å². The fourth-order valence-electron chi connectivity index (χ4n) is 2.47. The predicted molar refractivity (Wildman–Crippen MR) is 69.0 cm³/mol. The number of allylic oxidation sites excluding steroid dienone is 2. The molecule has 0 bridgehead atoms. The monoisotopic (exact) mass is 231 g/mol. The molecule has 0 aliphatic heterocycles. The second-order valence-electron chi connectivity index (χ2n) is 4.32. The van der Waals surface area contributed by atoms with E-state index in [1.165, 1.54) is 24.8 Å². The molecule has 16 heavy (non-hydrogen) atoms. The number of fused-ring (bicyclic) bond motifs is 1. The van der Waals surface area contributed by atoms with Crippen molar-refractivity contribution in [1.29, 1.82) is 0 Å². The molecule has 0 spiro atoms. The Kier molecular flexibility index (Phi) is 2.49. The lowest BCUT2D eigenvalue weighted by Crippen LogP contribution is -2.07.